The summed E-state index contributed by atoms with van der Waals surface area (Å²) in [6.45, 7) is 0. The van der Waals surface area contributed by atoms with Crippen molar-refractivity contribution >= 4 is 18.2 Å². The van der Waals surface area contributed by atoms with Crippen molar-refractivity contribution in [3.63, 3.8) is 0 Å². The summed E-state index contributed by atoms with van der Waals surface area (Å²) in [5.74, 6) is 0.494. The Morgan fingerprint density at radius 1 is 1.38 bits per heavy atom. The smallest absolute Gasteiger partial charge is 0.145 e. The lowest BCUT2D eigenvalue weighted by molar-refractivity contribution is 1.10. The van der Waals surface area contributed by atoms with Gasteiger partial charge in [-0.15, -0.1) is 12.4 Å². The minimum absolute atomic E-state index is 0. The number of halogens is 1. The van der Waals surface area contributed by atoms with E-state index in [2.05, 4.69) is 15.2 Å². The number of nitrogens with two attached hydrogens (primary N) is 1. The van der Waals surface area contributed by atoms with Gasteiger partial charge >= 0.3 is 0 Å². The second-order valence-corrected chi connectivity index (χ2v) is 2.45. The molecule has 0 spiro atoms. The van der Waals surface area contributed by atoms with Crippen LogP contribution >= 0.6 is 12.4 Å². The summed E-state index contributed by atoms with van der Waals surface area (Å²) in [6, 6.07) is 5.59. The van der Waals surface area contributed by atoms with Crippen LogP contribution in [-0.2, 0) is 0 Å². The van der Waals surface area contributed by atoms with E-state index >= 15 is 0 Å². The van der Waals surface area contributed by atoms with E-state index in [1.165, 1.54) is 0 Å². The van der Waals surface area contributed by atoms with Crippen LogP contribution in [0.5, 0.6) is 0 Å². The van der Waals surface area contributed by atoms with Crippen LogP contribution in [0.4, 0.5) is 5.82 Å². The molecule has 0 aliphatic carbocycles. The highest BCUT2D eigenvalue weighted by Crippen LogP contribution is 2.15. The van der Waals surface area contributed by atoms with Gasteiger partial charge in [-0.25, -0.2) is 0 Å². The Morgan fingerprint density at radius 3 is 2.77 bits per heavy atom. The van der Waals surface area contributed by atoms with E-state index in [-0.39, 0.29) is 12.4 Å². The molecule has 0 aliphatic heterocycles. The van der Waals surface area contributed by atoms with Gasteiger partial charge in [0.1, 0.15) is 5.82 Å². The maximum atomic E-state index is 5.45. The highest BCUT2D eigenvalue weighted by molar-refractivity contribution is 5.85. The fourth-order valence-corrected chi connectivity index (χ4v) is 1.01. The lowest BCUT2D eigenvalue weighted by Crippen LogP contribution is -1.81. The van der Waals surface area contributed by atoms with Crippen molar-refractivity contribution in [2.45, 2.75) is 0 Å². The number of nitrogens with one attached hydrogen (secondary N) is 1. The molecule has 0 fully saturated rings. The molecule has 0 radical (unpaired) electrons. The number of nitrogen functional groups attached to an aromatic ring is 1. The predicted molar refractivity (Wildman–Crippen MR) is 53.5 cm³/mol. The second-order valence-electron chi connectivity index (χ2n) is 2.45. The van der Waals surface area contributed by atoms with Gasteiger partial charge in [0.2, 0.25) is 0 Å². The summed E-state index contributed by atoms with van der Waals surface area (Å²) >= 11 is 0. The number of pyridine rings is 1. The molecule has 0 bridgehead atoms. The minimum Gasteiger partial charge on any atom is -0.382 e. The molecule has 68 valence electrons. The zero-order chi connectivity index (χ0) is 8.39. The fraction of sp³-hybridized carbons (Fsp3) is 0. The molecule has 13 heavy (non-hydrogen) atoms. The largest absolute Gasteiger partial charge is 0.382 e. The zero-order valence-corrected chi connectivity index (χ0v) is 7.58. The van der Waals surface area contributed by atoms with Crippen molar-refractivity contribution in [2.75, 3.05) is 5.73 Å². The summed E-state index contributed by atoms with van der Waals surface area (Å²) in [5.41, 5.74) is 7.33. The van der Waals surface area contributed by atoms with Crippen molar-refractivity contribution in [3.05, 3.63) is 30.6 Å². The lowest BCUT2D eigenvalue weighted by atomic mass is 10.2. The first-order valence-corrected chi connectivity index (χ1v) is 3.57. The number of aromatic amines is 1. The number of hydrogen-bond donors (Lipinski definition) is 2. The molecule has 0 aliphatic rings. The van der Waals surface area contributed by atoms with Crippen LogP contribution in [0.2, 0.25) is 0 Å². The van der Waals surface area contributed by atoms with Crippen molar-refractivity contribution < 1.29 is 0 Å². The Kier molecular flexibility index (Phi) is 2.87. The summed E-state index contributed by atoms with van der Waals surface area (Å²) in [6.07, 6.45) is 3.48. The highest BCUT2D eigenvalue weighted by Gasteiger charge is 1.99. The maximum absolute atomic E-state index is 5.45. The van der Waals surface area contributed by atoms with E-state index in [1.54, 1.807) is 18.5 Å². The van der Waals surface area contributed by atoms with Gasteiger partial charge < -0.3 is 5.73 Å². The number of aromatic nitrogens is 3. The van der Waals surface area contributed by atoms with Gasteiger partial charge in [0.05, 0.1) is 5.69 Å². The van der Waals surface area contributed by atoms with E-state index < -0.39 is 0 Å². The number of rotatable bonds is 1. The molecule has 0 aromatic carbocycles. The molecule has 2 heterocycles. The second kappa shape index (κ2) is 3.91. The number of hydrogen-bond acceptors (Lipinski definition) is 3. The Bertz CT molecular complexity index is 371. The van der Waals surface area contributed by atoms with Gasteiger partial charge in [0.15, 0.2) is 0 Å². The number of nitrogens with zero attached hydrogens (tertiary/aromatic N) is 2. The molecule has 0 saturated carbocycles. The van der Waals surface area contributed by atoms with E-state index in [4.69, 9.17) is 5.73 Å². The first kappa shape index (κ1) is 9.54. The van der Waals surface area contributed by atoms with Crippen LogP contribution in [0.1, 0.15) is 0 Å². The van der Waals surface area contributed by atoms with Gasteiger partial charge in [0.25, 0.3) is 0 Å². The first-order valence-electron chi connectivity index (χ1n) is 3.57. The topological polar surface area (TPSA) is 67.6 Å². The molecule has 0 saturated heterocycles. The normalized spacial score (nSPS) is 9.23. The Balaban J connectivity index is 0.000000845. The molecular weight excluding hydrogens is 188 g/mol. The van der Waals surface area contributed by atoms with Crippen molar-refractivity contribution in [1.29, 1.82) is 0 Å². The maximum Gasteiger partial charge on any atom is 0.145 e. The van der Waals surface area contributed by atoms with Gasteiger partial charge in [0, 0.05) is 24.0 Å². The third kappa shape index (κ3) is 1.97. The molecular formula is C8H9ClN4. The van der Waals surface area contributed by atoms with Crippen LogP contribution < -0.4 is 5.73 Å². The molecule has 5 heteroatoms. The summed E-state index contributed by atoms with van der Waals surface area (Å²) < 4.78 is 0. The predicted octanol–water partition coefficient (Wildman–Crippen LogP) is 1.48. The Labute approximate surface area is 81.6 Å². The average Bonchev–Trinajstić information content (AvgIpc) is 2.54. The summed E-state index contributed by atoms with van der Waals surface area (Å²) in [5, 5.41) is 6.62. The quantitative estimate of drug-likeness (QED) is 0.726. The molecule has 2 rings (SSSR count). The third-order valence-corrected chi connectivity index (χ3v) is 1.57. The van der Waals surface area contributed by atoms with Gasteiger partial charge in [-0.3, -0.25) is 10.1 Å². The van der Waals surface area contributed by atoms with E-state index in [1.807, 2.05) is 12.1 Å². The first-order chi connectivity index (χ1) is 5.86. The Hall–Kier alpha value is -1.55. The lowest BCUT2D eigenvalue weighted by Gasteiger charge is -1.92. The number of anilines is 1. The van der Waals surface area contributed by atoms with Crippen molar-refractivity contribution in [3.8, 4) is 11.3 Å². The highest BCUT2D eigenvalue weighted by atomic mass is 35.5. The molecule has 0 atom stereocenters. The monoisotopic (exact) mass is 196 g/mol. The third-order valence-electron chi connectivity index (χ3n) is 1.57. The summed E-state index contributed by atoms with van der Waals surface area (Å²) in [4.78, 5) is 3.98. The molecule has 2 aromatic rings. The van der Waals surface area contributed by atoms with Crippen LogP contribution in [-0.4, -0.2) is 15.2 Å². The fourth-order valence-electron chi connectivity index (χ4n) is 1.01. The van der Waals surface area contributed by atoms with Gasteiger partial charge in [-0.2, -0.15) is 5.10 Å². The van der Waals surface area contributed by atoms with E-state index in [9.17, 15) is 0 Å². The van der Waals surface area contributed by atoms with Crippen LogP contribution in [0.15, 0.2) is 30.6 Å². The molecule has 0 unspecified atom stereocenters. The Morgan fingerprint density at radius 2 is 2.23 bits per heavy atom. The van der Waals surface area contributed by atoms with Crippen LogP contribution in [0.25, 0.3) is 11.3 Å². The van der Waals surface area contributed by atoms with Crippen LogP contribution in [0, 0.1) is 0 Å². The van der Waals surface area contributed by atoms with Gasteiger partial charge in [-0.05, 0) is 12.1 Å². The van der Waals surface area contributed by atoms with Crippen LogP contribution in [0.3, 0.4) is 0 Å². The molecule has 2 aromatic heterocycles. The van der Waals surface area contributed by atoms with Crippen molar-refractivity contribution in [1.82, 2.24) is 15.2 Å². The average molecular weight is 197 g/mol. The summed E-state index contributed by atoms with van der Waals surface area (Å²) in [7, 11) is 0. The minimum atomic E-state index is 0. The van der Waals surface area contributed by atoms with Crippen molar-refractivity contribution in [2.24, 2.45) is 0 Å². The molecule has 4 nitrogen and oxygen atoms in total. The van der Waals surface area contributed by atoms with E-state index in [0.717, 1.165) is 11.3 Å². The number of H-pyrrole nitrogens is 1. The standard InChI is InChI=1S/C8H8N4.ClH/c9-8-4-7(11-12-8)6-2-1-3-10-5-6;/h1-5H,(H3,9,11,12);1H. The van der Waals surface area contributed by atoms with Gasteiger partial charge in [-0.1, -0.05) is 0 Å². The SMILES string of the molecule is Cl.Nc1cc(-c2cccnc2)[nH]n1. The van der Waals surface area contributed by atoms with E-state index in [0.29, 0.717) is 5.82 Å². The molecule has 0 amide bonds. The zero-order valence-electron chi connectivity index (χ0n) is 6.77. The molecule has 3 N–H and O–H groups in total.